The second-order valence-corrected chi connectivity index (χ2v) is 15.9. The van der Waals surface area contributed by atoms with Crippen molar-refractivity contribution in [2.45, 2.75) is 26.2 Å². The first kappa shape index (κ1) is 35.1. The molecule has 8 aromatic carbocycles. The van der Waals surface area contributed by atoms with E-state index in [1.54, 1.807) is 0 Å². The monoisotopic (exact) mass is 746 g/mol. The first-order valence-electron chi connectivity index (χ1n) is 19.9. The highest BCUT2D eigenvalue weighted by atomic mass is 15.3. The van der Waals surface area contributed by atoms with Crippen molar-refractivity contribution in [3.63, 3.8) is 0 Å². The molecule has 0 bridgehead atoms. The van der Waals surface area contributed by atoms with Gasteiger partial charge in [0.15, 0.2) is 11.6 Å². The zero-order chi connectivity index (χ0) is 39.2. The summed E-state index contributed by atoms with van der Waals surface area (Å²) in [6.45, 7) is 6.86. The molecule has 2 heterocycles. The highest BCUT2D eigenvalue weighted by molar-refractivity contribution is 6.11. The average molecular weight is 747 g/mol. The third-order valence-corrected chi connectivity index (χ3v) is 11.3. The molecule has 0 spiro atoms. The molecule has 0 N–H and O–H groups in total. The summed E-state index contributed by atoms with van der Waals surface area (Å²) < 4.78 is 4.54. The van der Waals surface area contributed by atoms with Gasteiger partial charge in [-0.05, 0) is 92.9 Å². The summed E-state index contributed by atoms with van der Waals surface area (Å²) in [5.74, 6) is 1.61. The van der Waals surface area contributed by atoms with Gasteiger partial charge >= 0.3 is 0 Å². The lowest BCUT2D eigenvalue weighted by molar-refractivity contribution is 0.591. The molecule has 0 atom stereocenters. The van der Waals surface area contributed by atoms with Crippen LogP contribution >= 0.6 is 0 Å². The Hall–Kier alpha value is -7.30. The van der Waals surface area contributed by atoms with Crippen LogP contribution in [0, 0.1) is 0 Å². The van der Waals surface area contributed by atoms with Gasteiger partial charge in [-0.1, -0.05) is 172 Å². The third kappa shape index (κ3) is 6.20. The van der Waals surface area contributed by atoms with Crippen molar-refractivity contribution in [3.05, 3.63) is 206 Å². The number of benzene rings is 8. The molecule has 4 nitrogen and oxygen atoms in total. The van der Waals surface area contributed by atoms with Gasteiger partial charge in [0.25, 0.3) is 0 Å². The van der Waals surface area contributed by atoms with E-state index in [0.29, 0.717) is 0 Å². The van der Waals surface area contributed by atoms with E-state index in [4.69, 9.17) is 10.2 Å². The van der Waals surface area contributed by atoms with Crippen LogP contribution in [0.5, 0.6) is 0 Å². The minimum absolute atomic E-state index is 0.0339. The second-order valence-electron chi connectivity index (χ2n) is 15.9. The van der Waals surface area contributed by atoms with Crippen LogP contribution in [0.15, 0.2) is 200 Å². The van der Waals surface area contributed by atoms with Crippen LogP contribution in [0.25, 0.3) is 89.3 Å². The van der Waals surface area contributed by atoms with Gasteiger partial charge in [-0.15, -0.1) is 10.2 Å². The number of hydrogen-bond donors (Lipinski definition) is 0. The van der Waals surface area contributed by atoms with E-state index in [9.17, 15) is 0 Å². The maximum Gasteiger partial charge on any atom is 0.168 e. The molecule has 0 saturated carbocycles. The molecule has 0 fully saturated rings. The molecule has 10 rings (SSSR count). The Balaban J connectivity index is 1.07. The van der Waals surface area contributed by atoms with Crippen LogP contribution < -0.4 is 0 Å². The average Bonchev–Trinajstić information content (AvgIpc) is 3.87. The zero-order valence-corrected chi connectivity index (χ0v) is 32.8. The Kier molecular flexibility index (Phi) is 8.68. The Morgan fingerprint density at radius 1 is 0.345 bits per heavy atom. The summed E-state index contributed by atoms with van der Waals surface area (Å²) >= 11 is 0. The lowest BCUT2D eigenvalue weighted by atomic mass is 9.86. The molecule has 0 aliphatic heterocycles. The first-order chi connectivity index (χ1) is 28.4. The van der Waals surface area contributed by atoms with Crippen LogP contribution in [0.4, 0.5) is 0 Å². The highest BCUT2D eigenvalue weighted by Gasteiger charge is 2.21. The number of para-hydroxylation sites is 2. The normalized spacial score (nSPS) is 11.7. The summed E-state index contributed by atoms with van der Waals surface area (Å²) in [6.07, 6.45) is 0. The minimum Gasteiger partial charge on any atom is -0.309 e. The van der Waals surface area contributed by atoms with Gasteiger partial charge in [0.1, 0.15) is 0 Å². The predicted octanol–water partition coefficient (Wildman–Crippen LogP) is 14.0. The lowest BCUT2D eigenvalue weighted by Gasteiger charge is -2.19. The van der Waals surface area contributed by atoms with Gasteiger partial charge in [-0.3, -0.25) is 4.57 Å². The summed E-state index contributed by atoms with van der Waals surface area (Å²) in [6, 6.07) is 71.6. The van der Waals surface area contributed by atoms with Crippen molar-refractivity contribution in [1.82, 2.24) is 19.3 Å². The number of hydrogen-bond acceptors (Lipinski definition) is 2. The maximum absolute atomic E-state index is 4.74. The van der Waals surface area contributed by atoms with Crippen molar-refractivity contribution >= 4 is 21.8 Å². The van der Waals surface area contributed by atoms with E-state index in [1.807, 2.05) is 24.3 Å². The van der Waals surface area contributed by atoms with Gasteiger partial charge < -0.3 is 4.57 Å². The van der Waals surface area contributed by atoms with Crippen molar-refractivity contribution in [3.8, 4) is 67.5 Å². The molecule has 0 amide bonds. The van der Waals surface area contributed by atoms with E-state index in [-0.39, 0.29) is 5.41 Å². The van der Waals surface area contributed by atoms with E-state index in [0.717, 1.165) is 39.7 Å². The fourth-order valence-electron chi connectivity index (χ4n) is 8.32. The Morgan fingerprint density at radius 3 is 1.33 bits per heavy atom. The van der Waals surface area contributed by atoms with Crippen LogP contribution in [0.2, 0.25) is 0 Å². The molecule has 0 radical (unpaired) electrons. The molecule has 2 aromatic heterocycles. The SMILES string of the molecule is CC(C)(C)c1ccc2c(c1)c1cc(-c3ccccc3-c3ccccc3-c3ccc(-c4nnc(-c5ccccc5)n4-c4ccccc4)cc3)ccc1n2-c1ccccc1. The fraction of sp³-hybridized carbons (Fsp3) is 0.0741. The second kappa shape index (κ2) is 14.3. The Bertz CT molecular complexity index is 3060. The van der Waals surface area contributed by atoms with Crippen LogP contribution in [-0.2, 0) is 5.41 Å². The highest BCUT2D eigenvalue weighted by Crippen LogP contribution is 2.42. The van der Waals surface area contributed by atoms with Gasteiger partial charge in [-0.25, -0.2) is 0 Å². The van der Waals surface area contributed by atoms with Crippen LogP contribution in [0.1, 0.15) is 26.3 Å². The first-order valence-corrected chi connectivity index (χ1v) is 19.9. The van der Waals surface area contributed by atoms with Crippen molar-refractivity contribution < 1.29 is 0 Å². The van der Waals surface area contributed by atoms with E-state index in [1.165, 1.54) is 55.2 Å². The summed E-state index contributed by atoms with van der Waals surface area (Å²) in [4.78, 5) is 0. The minimum atomic E-state index is 0.0339. The molecular weight excluding hydrogens is 705 g/mol. The number of nitrogens with zero attached hydrogens (tertiary/aromatic N) is 4. The van der Waals surface area contributed by atoms with E-state index < -0.39 is 0 Å². The van der Waals surface area contributed by atoms with Crippen molar-refractivity contribution in [1.29, 1.82) is 0 Å². The molecule has 0 unspecified atom stereocenters. The molecule has 0 aliphatic rings. The Morgan fingerprint density at radius 2 is 0.759 bits per heavy atom. The zero-order valence-electron chi connectivity index (χ0n) is 32.8. The Labute approximate surface area is 339 Å². The third-order valence-electron chi connectivity index (χ3n) is 11.3. The van der Waals surface area contributed by atoms with Gasteiger partial charge in [0.2, 0.25) is 0 Å². The molecule has 0 saturated heterocycles. The summed E-state index contributed by atoms with van der Waals surface area (Å²) in [5, 5.41) is 11.9. The summed E-state index contributed by atoms with van der Waals surface area (Å²) in [7, 11) is 0. The van der Waals surface area contributed by atoms with Gasteiger partial charge in [0, 0.05) is 33.3 Å². The molecule has 4 heteroatoms. The smallest absolute Gasteiger partial charge is 0.168 e. The van der Waals surface area contributed by atoms with Crippen LogP contribution in [-0.4, -0.2) is 19.3 Å². The van der Waals surface area contributed by atoms with E-state index >= 15 is 0 Å². The maximum atomic E-state index is 4.74. The van der Waals surface area contributed by atoms with Crippen LogP contribution in [0.3, 0.4) is 0 Å². The molecular formula is C54H42N4. The lowest BCUT2D eigenvalue weighted by Crippen LogP contribution is -2.10. The predicted molar refractivity (Wildman–Crippen MR) is 242 cm³/mol. The van der Waals surface area contributed by atoms with Gasteiger partial charge in [-0.2, -0.15) is 0 Å². The number of aromatic nitrogens is 4. The topological polar surface area (TPSA) is 35.6 Å². The molecule has 58 heavy (non-hydrogen) atoms. The number of fused-ring (bicyclic) bond motifs is 3. The van der Waals surface area contributed by atoms with Crippen molar-refractivity contribution in [2.24, 2.45) is 0 Å². The molecule has 278 valence electrons. The van der Waals surface area contributed by atoms with Gasteiger partial charge in [0.05, 0.1) is 11.0 Å². The molecule has 10 aromatic rings. The number of rotatable bonds is 7. The fourth-order valence-corrected chi connectivity index (χ4v) is 8.32. The summed E-state index contributed by atoms with van der Waals surface area (Å²) in [5.41, 5.74) is 15.1. The van der Waals surface area contributed by atoms with E-state index in [2.05, 4.69) is 206 Å². The van der Waals surface area contributed by atoms with Crippen molar-refractivity contribution in [2.75, 3.05) is 0 Å². The largest absolute Gasteiger partial charge is 0.309 e. The standard InChI is InChI=1S/C54H42N4/c1-54(2,3)41-32-34-51-49(36-41)48-35-40(31-33-50(48)57(51)42-19-9-5-10-20-42)45-24-14-16-26-47(45)46-25-15-13-23-44(46)37-27-29-39(30-28-37)53-56-55-52(38-17-7-4-8-18-38)58(53)43-21-11-6-12-22-43/h4-36H,1-3H3. The molecule has 0 aliphatic carbocycles. The quantitative estimate of drug-likeness (QED) is 0.163.